The average Bonchev–Trinajstić information content (AvgIpc) is 2.89. The molecule has 0 aromatic heterocycles. The molecular weight excluding hydrogens is 255 g/mol. The van der Waals surface area contributed by atoms with Gasteiger partial charge in [-0.1, -0.05) is 25.0 Å². The second-order valence-corrected chi connectivity index (χ2v) is 6.20. The van der Waals surface area contributed by atoms with Gasteiger partial charge in [0.05, 0.1) is 5.60 Å². The lowest BCUT2D eigenvalue weighted by atomic mass is 9.81. The zero-order chi connectivity index (χ0) is 14.0. The Morgan fingerprint density at radius 1 is 1.25 bits per heavy atom. The third-order valence-corrected chi connectivity index (χ3v) is 4.75. The maximum absolute atomic E-state index is 12.9. The first kappa shape index (κ1) is 13.7. The van der Waals surface area contributed by atoms with Crippen LogP contribution in [0.3, 0.4) is 0 Å². The summed E-state index contributed by atoms with van der Waals surface area (Å²) in [7, 11) is 0. The Morgan fingerprint density at radius 2 is 1.95 bits per heavy atom. The van der Waals surface area contributed by atoms with Crippen molar-refractivity contribution in [3.05, 3.63) is 35.6 Å². The van der Waals surface area contributed by atoms with Gasteiger partial charge in [-0.3, -0.25) is 4.79 Å². The minimum absolute atomic E-state index is 0.0125. The molecule has 0 bridgehead atoms. The fraction of sp³-hybridized carbons (Fsp3) is 0.588. The van der Waals surface area contributed by atoms with Gasteiger partial charge in [0.15, 0.2) is 0 Å². The lowest BCUT2D eigenvalue weighted by Crippen LogP contribution is -2.40. The highest BCUT2D eigenvalue weighted by atomic mass is 19.1. The summed E-state index contributed by atoms with van der Waals surface area (Å²) in [6, 6.07) is 6.26. The molecule has 1 atom stereocenters. The molecule has 1 saturated carbocycles. The van der Waals surface area contributed by atoms with E-state index in [0.717, 1.165) is 31.2 Å². The molecule has 108 valence electrons. The van der Waals surface area contributed by atoms with Gasteiger partial charge in [-0.25, -0.2) is 4.39 Å². The van der Waals surface area contributed by atoms with Crippen molar-refractivity contribution in [3.8, 4) is 0 Å². The summed E-state index contributed by atoms with van der Waals surface area (Å²) >= 11 is 0. The minimum atomic E-state index is -0.253. The van der Waals surface area contributed by atoms with Crippen LogP contribution in [-0.4, -0.2) is 18.0 Å². The maximum atomic E-state index is 12.9. The fourth-order valence-corrected chi connectivity index (χ4v) is 3.62. The molecule has 0 N–H and O–H groups in total. The number of rotatable bonds is 3. The number of hydrogen-bond acceptors (Lipinski definition) is 2. The van der Waals surface area contributed by atoms with E-state index in [-0.39, 0.29) is 23.1 Å². The number of ketones is 1. The molecule has 1 heterocycles. The van der Waals surface area contributed by atoms with Crippen molar-refractivity contribution in [2.24, 2.45) is 5.92 Å². The molecular formula is C17H21FO2. The summed E-state index contributed by atoms with van der Waals surface area (Å²) in [5.41, 5.74) is 0.893. The van der Waals surface area contributed by atoms with Crippen LogP contribution in [0.25, 0.3) is 0 Å². The van der Waals surface area contributed by atoms with Gasteiger partial charge in [0, 0.05) is 18.9 Å². The predicted molar refractivity (Wildman–Crippen MR) is 75.0 cm³/mol. The number of halogens is 1. The van der Waals surface area contributed by atoms with E-state index in [2.05, 4.69) is 0 Å². The van der Waals surface area contributed by atoms with Gasteiger partial charge >= 0.3 is 0 Å². The van der Waals surface area contributed by atoms with Gasteiger partial charge in [0.2, 0.25) is 0 Å². The van der Waals surface area contributed by atoms with Crippen molar-refractivity contribution in [1.29, 1.82) is 0 Å². The largest absolute Gasteiger partial charge is 0.375 e. The number of Topliss-reactive ketones (excluding diaryl/α,β-unsaturated/α-hetero) is 1. The van der Waals surface area contributed by atoms with Crippen LogP contribution < -0.4 is 0 Å². The number of carbonyl (C=O) groups excluding carboxylic acids is 1. The zero-order valence-electron chi connectivity index (χ0n) is 11.7. The molecule has 1 aliphatic heterocycles. The van der Waals surface area contributed by atoms with Crippen LogP contribution in [0.2, 0.25) is 0 Å². The topological polar surface area (TPSA) is 26.3 Å². The van der Waals surface area contributed by atoms with Gasteiger partial charge in [0.1, 0.15) is 11.6 Å². The Labute approximate surface area is 119 Å². The predicted octanol–water partition coefficient (Wildman–Crippen LogP) is 3.68. The van der Waals surface area contributed by atoms with E-state index >= 15 is 0 Å². The summed E-state index contributed by atoms with van der Waals surface area (Å²) in [5.74, 6) is 0.148. The van der Waals surface area contributed by atoms with Crippen molar-refractivity contribution in [1.82, 2.24) is 0 Å². The van der Waals surface area contributed by atoms with Crippen molar-refractivity contribution in [2.75, 3.05) is 6.61 Å². The van der Waals surface area contributed by atoms with Crippen LogP contribution in [0.15, 0.2) is 24.3 Å². The highest BCUT2D eigenvalue weighted by molar-refractivity contribution is 5.83. The van der Waals surface area contributed by atoms with Crippen LogP contribution in [0.1, 0.15) is 44.1 Å². The van der Waals surface area contributed by atoms with Crippen LogP contribution in [0.4, 0.5) is 4.39 Å². The Kier molecular flexibility index (Phi) is 3.88. The molecule has 20 heavy (non-hydrogen) atoms. The van der Waals surface area contributed by atoms with E-state index in [4.69, 9.17) is 4.74 Å². The lowest BCUT2D eigenvalue weighted by molar-refractivity contribution is -0.135. The molecule has 1 aromatic rings. The Morgan fingerprint density at radius 3 is 2.65 bits per heavy atom. The Bertz CT molecular complexity index is 474. The summed E-state index contributed by atoms with van der Waals surface area (Å²) in [6.07, 6.45) is 6.79. The van der Waals surface area contributed by atoms with E-state index in [1.807, 2.05) is 0 Å². The second kappa shape index (κ2) is 5.65. The monoisotopic (exact) mass is 276 g/mol. The molecule has 2 nitrogen and oxygen atoms in total. The number of benzene rings is 1. The van der Waals surface area contributed by atoms with Gasteiger partial charge < -0.3 is 4.74 Å². The van der Waals surface area contributed by atoms with Crippen LogP contribution >= 0.6 is 0 Å². The summed E-state index contributed by atoms with van der Waals surface area (Å²) in [4.78, 5) is 12.4. The fourth-order valence-electron chi connectivity index (χ4n) is 3.62. The van der Waals surface area contributed by atoms with Crippen molar-refractivity contribution < 1.29 is 13.9 Å². The minimum Gasteiger partial charge on any atom is -0.375 e. The molecule has 1 unspecified atom stereocenters. The maximum Gasteiger partial charge on any atom is 0.140 e. The molecule has 3 heteroatoms. The molecule has 1 aromatic carbocycles. The van der Waals surface area contributed by atoms with Crippen LogP contribution in [0.5, 0.6) is 0 Å². The third kappa shape index (κ3) is 2.93. The van der Waals surface area contributed by atoms with Crippen molar-refractivity contribution >= 4 is 5.78 Å². The highest BCUT2D eigenvalue weighted by Crippen LogP contribution is 2.42. The molecule has 3 rings (SSSR count). The number of carbonyl (C=O) groups is 1. The van der Waals surface area contributed by atoms with Crippen molar-refractivity contribution in [2.45, 2.75) is 50.5 Å². The Hall–Kier alpha value is -1.22. The standard InChI is InChI=1S/C17H21FO2/c18-15-5-3-13(4-6-15)11-16(19)14-7-10-20-17(12-14)8-1-2-9-17/h3-6,14H,1-2,7-12H2. The van der Waals surface area contributed by atoms with Gasteiger partial charge in [-0.15, -0.1) is 0 Å². The lowest BCUT2D eigenvalue weighted by Gasteiger charge is -2.37. The van der Waals surface area contributed by atoms with Crippen molar-refractivity contribution in [3.63, 3.8) is 0 Å². The van der Waals surface area contributed by atoms with E-state index in [0.29, 0.717) is 13.0 Å². The van der Waals surface area contributed by atoms with E-state index in [1.165, 1.54) is 25.0 Å². The molecule has 0 radical (unpaired) electrons. The van der Waals surface area contributed by atoms with E-state index < -0.39 is 0 Å². The smallest absolute Gasteiger partial charge is 0.140 e. The number of hydrogen-bond donors (Lipinski definition) is 0. The molecule has 1 spiro atoms. The van der Waals surface area contributed by atoms with Crippen LogP contribution in [0, 0.1) is 11.7 Å². The molecule has 1 saturated heterocycles. The first-order valence-corrected chi connectivity index (χ1v) is 7.58. The normalized spacial score (nSPS) is 24.9. The van der Waals surface area contributed by atoms with Gasteiger partial charge in [-0.2, -0.15) is 0 Å². The van der Waals surface area contributed by atoms with Gasteiger partial charge in [0.25, 0.3) is 0 Å². The SMILES string of the molecule is O=C(Cc1ccc(F)cc1)C1CCOC2(CCCC2)C1. The first-order valence-electron chi connectivity index (χ1n) is 7.58. The number of ether oxygens (including phenoxy) is 1. The molecule has 2 fully saturated rings. The highest BCUT2D eigenvalue weighted by Gasteiger charge is 2.41. The Balaban J connectivity index is 1.63. The summed E-state index contributed by atoms with van der Waals surface area (Å²) in [6.45, 7) is 0.708. The average molecular weight is 276 g/mol. The molecule has 1 aliphatic carbocycles. The van der Waals surface area contributed by atoms with Gasteiger partial charge in [-0.05, 0) is 43.4 Å². The zero-order valence-corrected chi connectivity index (χ0v) is 11.7. The third-order valence-electron chi connectivity index (χ3n) is 4.75. The molecule has 0 amide bonds. The summed E-state index contributed by atoms with van der Waals surface area (Å²) < 4.78 is 18.8. The summed E-state index contributed by atoms with van der Waals surface area (Å²) in [5, 5.41) is 0. The van der Waals surface area contributed by atoms with Crippen LogP contribution in [-0.2, 0) is 16.0 Å². The van der Waals surface area contributed by atoms with E-state index in [9.17, 15) is 9.18 Å². The van der Waals surface area contributed by atoms with E-state index in [1.54, 1.807) is 12.1 Å². The second-order valence-electron chi connectivity index (χ2n) is 6.20. The molecule has 2 aliphatic rings. The quantitative estimate of drug-likeness (QED) is 0.842. The first-order chi connectivity index (χ1) is 9.67.